The van der Waals surface area contributed by atoms with Crippen molar-refractivity contribution in [2.24, 2.45) is 0 Å². The van der Waals surface area contributed by atoms with E-state index in [1.54, 1.807) is 22.7 Å². The third kappa shape index (κ3) is 4.51. The van der Waals surface area contributed by atoms with E-state index in [2.05, 4.69) is 44.9 Å². The van der Waals surface area contributed by atoms with Gasteiger partial charge in [-0.1, -0.05) is 6.07 Å². The van der Waals surface area contributed by atoms with Gasteiger partial charge in [-0.2, -0.15) is 0 Å². The van der Waals surface area contributed by atoms with E-state index in [1.807, 2.05) is 0 Å². The highest BCUT2D eigenvalue weighted by Crippen LogP contribution is 2.35. The lowest BCUT2D eigenvalue weighted by Gasteiger charge is -1.90. The molecule has 15 heavy (non-hydrogen) atoms. The van der Waals surface area contributed by atoms with Gasteiger partial charge < -0.3 is 0 Å². The average molecular weight is 326 g/mol. The molecule has 0 amide bonds. The molecule has 7 heteroatoms. The van der Waals surface area contributed by atoms with E-state index in [1.165, 1.54) is 14.2 Å². The van der Waals surface area contributed by atoms with Crippen LogP contribution in [-0.2, 0) is 4.57 Å². The average Bonchev–Trinajstić information content (AvgIpc) is 2.71. The fourth-order valence-corrected chi connectivity index (χ4v) is 3.48. The maximum Gasteiger partial charge on any atom is 0.692 e. The minimum atomic E-state index is -2.87. The predicted octanol–water partition coefficient (Wildman–Crippen LogP) is 3.87. The van der Waals surface area contributed by atoms with E-state index in [0.29, 0.717) is 0 Å². The maximum atomic E-state index is 8.70. The second-order valence-corrected chi connectivity index (χ2v) is 5.55. The highest BCUT2D eigenvalue weighted by atomic mass is 79.9. The molecular weight excluding hydrogens is 319 g/mol. The minimum absolute atomic E-state index is 1.20. The number of rotatable bonds is 1. The summed E-state index contributed by atoms with van der Waals surface area (Å²) in [5.41, 5.74) is 0. The fourth-order valence-electron chi connectivity index (χ4n) is 0.877. The summed E-state index contributed by atoms with van der Waals surface area (Å²) in [7, 11) is -2.87. The summed E-state index contributed by atoms with van der Waals surface area (Å²) >= 11 is 7.05. The molecule has 2 aromatic heterocycles. The Morgan fingerprint density at radius 2 is 1.87 bits per heavy atom. The minimum Gasteiger partial charge on any atom is -0.143 e. The molecule has 0 radical (unpaired) electrons. The first kappa shape index (κ1) is 13.0. The third-order valence-corrected chi connectivity index (χ3v) is 4.25. The second-order valence-electron chi connectivity index (χ2n) is 2.33. The van der Waals surface area contributed by atoms with Gasteiger partial charge in [0.25, 0.3) is 0 Å². The Bertz CT molecular complexity index is 423. The summed E-state index contributed by atoms with van der Waals surface area (Å²) in [5, 5.41) is 4.20. The van der Waals surface area contributed by atoms with Crippen molar-refractivity contribution in [1.29, 1.82) is 0 Å². The summed E-state index contributed by atoms with van der Waals surface area (Å²) in [6.07, 6.45) is 0. The highest BCUT2D eigenvalue weighted by Gasteiger charge is 2.03. The van der Waals surface area contributed by atoms with Crippen molar-refractivity contribution < 1.29 is 14.4 Å². The van der Waals surface area contributed by atoms with E-state index in [9.17, 15) is 0 Å². The molecule has 0 aliphatic rings. The van der Waals surface area contributed by atoms with Crippen LogP contribution in [0.25, 0.3) is 9.75 Å². The lowest BCUT2D eigenvalue weighted by atomic mass is 10.4. The molecule has 0 saturated carbocycles. The van der Waals surface area contributed by atoms with Gasteiger partial charge in [-0.25, -0.2) is 0 Å². The summed E-state index contributed by atoms with van der Waals surface area (Å²) in [6, 6.07) is 6.30. The molecule has 0 aliphatic carbocycles. The molecule has 80 valence electrons. The van der Waals surface area contributed by atoms with Gasteiger partial charge >= 0.3 is 8.25 Å². The molecule has 0 saturated heterocycles. The first-order valence-corrected chi connectivity index (χ1v) is 7.45. The van der Waals surface area contributed by atoms with Crippen LogP contribution < -0.4 is 0 Å². The van der Waals surface area contributed by atoms with E-state index in [4.69, 9.17) is 14.4 Å². The second kappa shape index (κ2) is 6.48. The molecule has 0 aromatic carbocycles. The van der Waals surface area contributed by atoms with Crippen molar-refractivity contribution in [3.63, 3.8) is 0 Å². The molecular formula is C8H7BrO3PS2+. The topological polar surface area (TPSA) is 57.5 Å². The highest BCUT2D eigenvalue weighted by molar-refractivity contribution is 9.10. The van der Waals surface area contributed by atoms with Gasteiger partial charge in [0.05, 0.1) is 4.88 Å². The zero-order chi connectivity index (χ0) is 11.3. The summed E-state index contributed by atoms with van der Waals surface area (Å²) < 4.78 is 9.90. The predicted molar refractivity (Wildman–Crippen MR) is 67.4 cm³/mol. The van der Waals surface area contributed by atoms with Crippen LogP contribution in [0.2, 0.25) is 0 Å². The van der Waals surface area contributed by atoms with Crippen LogP contribution >= 0.6 is 46.9 Å². The molecule has 3 nitrogen and oxygen atoms in total. The SMILES string of the molecule is Brc1ccsc1-c1cccs1.O=[P+](O)O. The van der Waals surface area contributed by atoms with E-state index in [0.717, 1.165) is 0 Å². The van der Waals surface area contributed by atoms with Gasteiger partial charge in [0.15, 0.2) is 0 Å². The molecule has 2 N–H and O–H groups in total. The smallest absolute Gasteiger partial charge is 0.143 e. The molecule has 0 unspecified atom stereocenters. The normalized spacial score (nSPS) is 9.27. The molecule has 2 aromatic rings. The van der Waals surface area contributed by atoms with Crippen molar-refractivity contribution in [1.82, 2.24) is 0 Å². The van der Waals surface area contributed by atoms with E-state index >= 15 is 0 Å². The van der Waals surface area contributed by atoms with Gasteiger partial charge in [-0.3, -0.25) is 0 Å². The summed E-state index contributed by atoms with van der Waals surface area (Å²) in [6.45, 7) is 0. The zero-order valence-corrected chi connectivity index (χ0v) is 11.4. The van der Waals surface area contributed by atoms with E-state index < -0.39 is 8.25 Å². The van der Waals surface area contributed by atoms with Crippen LogP contribution in [0.4, 0.5) is 0 Å². The van der Waals surface area contributed by atoms with Gasteiger partial charge in [0.2, 0.25) is 0 Å². The maximum absolute atomic E-state index is 8.70. The van der Waals surface area contributed by atoms with Crippen molar-refractivity contribution in [3.8, 4) is 9.75 Å². The van der Waals surface area contributed by atoms with Crippen molar-refractivity contribution >= 4 is 46.9 Å². The van der Waals surface area contributed by atoms with Gasteiger partial charge in [-0.15, -0.1) is 32.5 Å². The molecule has 2 heterocycles. The van der Waals surface area contributed by atoms with Crippen LogP contribution in [0.3, 0.4) is 0 Å². The lowest BCUT2D eigenvalue weighted by molar-refractivity contribution is 0.405. The molecule has 0 bridgehead atoms. The molecule has 0 atom stereocenters. The number of hydrogen-bond acceptors (Lipinski definition) is 3. The molecule has 2 rings (SSSR count). The Morgan fingerprint density at radius 3 is 2.27 bits per heavy atom. The standard InChI is InChI=1S/C8H5BrS2.HO3P/c9-6-3-5-11-8(6)7-2-1-4-10-7;1-4(2)3/h1-5H;(H-,1,2,3)/p+1. The van der Waals surface area contributed by atoms with Crippen LogP contribution in [0.15, 0.2) is 33.4 Å². The molecule has 0 fully saturated rings. The van der Waals surface area contributed by atoms with Crippen molar-refractivity contribution in [3.05, 3.63) is 33.4 Å². The van der Waals surface area contributed by atoms with Crippen LogP contribution in [0, 0.1) is 0 Å². The van der Waals surface area contributed by atoms with Crippen molar-refractivity contribution in [2.75, 3.05) is 0 Å². The van der Waals surface area contributed by atoms with Crippen LogP contribution in [0.5, 0.6) is 0 Å². The summed E-state index contributed by atoms with van der Waals surface area (Å²) in [4.78, 5) is 16.9. The quantitative estimate of drug-likeness (QED) is 0.782. The first-order valence-electron chi connectivity index (χ1n) is 3.73. The first-order chi connectivity index (χ1) is 7.11. The lowest BCUT2D eigenvalue weighted by Crippen LogP contribution is -1.60. The third-order valence-electron chi connectivity index (χ3n) is 1.36. The number of thiophene rings is 2. The Morgan fingerprint density at radius 1 is 1.20 bits per heavy atom. The van der Waals surface area contributed by atoms with Gasteiger partial charge in [0.1, 0.15) is 0 Å². The molecule has 0 aliphatic heterocycles. The van der Waals surface area contributed by atoms with Crippen molar-refractivity contribution in [2.45, 2.75) is 0 Å². The van der Waals surface area contributed by atoms with Crippen LogP contribution in [0.1, 0.15) is 0 Å². The monoisotopic (exact) mass is 325 g/mol. The Kier molecular flexibility index (Phi) is 5.60. The summed E-state index contributed by atoms with van der Waals surface area (Å²) in [5.74, 6) is 0. The Hall–Kier alpha value is -0.100. The Labute approximate surface area is 104 Å². The largest absolute Gasteiger partial charge is 0.692 e. The van der Waals surface area contributed by atoms with Gasteiger partial charge in [0, 0.05) is 13.9 Å². The Balaban J connectivity index is 0.000000245. The number of halogens is 1. The molecule has 0 spiro atoms. The fraction of sp³-hybridized carbons (Fsp3) is 0. The van der Waals surface area contributed by atoms with Gasteiger partial charge in [-0.05, 0) is 38.8 Å². The van der Waals surface area contributed by atoms with E-state index in [-0.39, 0.29) is 0 Å². The van der Waals surface area contributed by atoms with Crippen LogP contribution in [-0.4, -0.2) is 9.79 Å². The zero-order valence-electron chi connectivity index (χ0n) is 7.33. The number of hydrogen-bond donors (Lipinski definition) is 2.